The van der Waals surface area contributed by atoms with E-state index in [9.17, 15) is 13.2 Å². The number of thiophene rings is 1. The molecule has 0 aliphatic carbocycles. The first-order chi connectivity index (χ1) is 8.27. The lowest BCUT2D eigenvalue weighted by Crippen LogP contribution is -2.44. The standard InChI is InChI=1S/C10H14BrNO4S2/c1-3-6(2)9(10(13)14)12-18(15,16)8-5-4-7(11)17-8/h4-6,9,12H,3H2,1-2H3,(H,13,14)/t6?,9-/m0/s1. The third-order valence-electron chi connectivity index (χ3n) is 2.57. The molecule has 2 N–H and O–H groups in total. The average molecular weight is 356 g/mol. The van der Waals surface area contributed by atoms with Gasteiger partial charge in [0.15, 0.2) is 0 Å². The van der Waals surface area contributed by atoms with E-state index in [1.807, 2.05) is 6.92 Å². The minimum absolute atomic E-state index is 0.101. The van der Waals surface area contributed by atoms with Crippen LogP contribution in [-0.2, 0) is 14.8 Å². The molecule has 0 fully saturated rings. The highest BCUT2D eigenvalue weighted by atomic mass is 79.9. The van der Waals surface area contributed by atoms with Gasteiger partial charge in [-0.25, -0.2) is 8.42 Å². The Hall–Kier alpha value is -0.440. The van der Waals surface area contributed by atoms with Crippen molar-refractivity contribution in [3.05, 3.63) is 15.9 Å². The number of hydrogen-bond acceptors (Lipinski definition) is 4. The van der Waals surface area contributed by atoms with Gasteiger partial charge < -0.3 is 5.11 Å². The third-order valence-corrected chi connectivity index (χ3v) is 6.13. The highest BCUT2D eigenvalue weighted by molar-refractivity contribution is 9.11. The maximum absolute atomic E-state index is 12.0. The van der Waals surface area contributed by atoms with Crippen molar-refractivity contribution in [2.75, 3.05) is 0 Å². The first-order valence-corrected chi connectivity index (χ1v) is 8.37. The summed E-state index contributed by atoms with van der Waals surface area (Å²) < 4.78 is 27.0. The molecule has 0 bridgehead atoms. The fourth-order valence-corrected chi connectivity index (χ4v) is 4.64. The van der Waals surface area contributed by atoms with Crippen molar-refractivity contribution in [3.63, 3.8) is 0 Å². The van der Waals surface area contributed by atoms with Crippen LogP contribution >= 0.6 is 27.3 Å². The number of carboxylic acid groups (broad SMARTS) is 1. The molecule has 0 saturated carbocycles. The van der Waals surface area contributed by atoms with Gasteiger partial charge in [0.05, 0.1) is 3.79 Å². The highest BCUT2D eigenvalue weighted by Crippen LogP contribution is 2.26. The van der Waals surface area contributed by atoms with E-state index in [0.717, 1.165) is 11.3 Å². The highest BCUT2D eigenvalue weighted by Gasteiger charge is 2.29. The monoisotopic (exact) mass is 355 g/mol. The molecule has 1 aromatic rings. The van der Waals surface area contributed by atoms with Crippen LogP contribution in [0.5, 0.6) is 0 Å². The van der Waals surface area contributed by atoms with Crippen molar-refractivity contribution in [1.29, 1.82) is 0 Å². The van der Waals surface area contributed by atoms with Gasteiger partial charge >= 0.3 is 5.97 Å². The Bertz CT molecular complexity index is 526. The first-order valence-electron chi connectivity index (χ1n) is 5.28. The Morgan fingerprint density at radius 1 is 1.56 bits per heavy atom. The molecule has 0 spiro atoms. The van der Waals surface area contributed by atoms with E-state index in [4.69, 9.17) is 5.11 Å². The van der Waals surface area contributed by atoms with Gasteiger partial charge in [0.25, 0.3) is 10.0 Å². The van der Waals surface area contributed by atoms with Crippen LogP contribution in [0.25, 0.3) is 0 Å². The number of hydrogen-bond donors (Lipinski definition) is 2. The second-order valence-corrected chi connectivity index (χ2v) is 8.29. The van der Waals surface area contributed by atoms with E-state index in [1.54, 1.807) is 13.0 Å². The second kappa shape index (κ2) is 6.14. The Morgan fingerprint density at radius 3 is 2.56 bits per heavy atom. The molecule has 0 radical (unpaired) electrons. The summed E-state index contributed by atoms with van der Waals surface area (Å²) in [5.74, 6) is -1.44. The molecule has 8 heteroatoms. The molecule has 0 aromatic carbocycles. The molecule has 0 aliphatic rings. The summed E-state index contributed by atoms with van der Waals surface area (Å²) in [4.78, 5) is 11.1. The smallest absolute Gasteiger partial charge is 0.322 e. The first kappa shape index (κ1) is 15.6. The van der Waals surface area contributed by atoms with Crippen LogP contribution in [0.2, 0.25) is 0 Å². The van der Waals surface area contributed by atoms with Crippen molar-refractivity contribution >= 4 is 43.3 Å². The Labute approximate surface area is 118 Å². The van der Waals surface area contributed by atoms with E-state index in [0.29, 0.717) is 10.2 Å². The van der Waals surface area contributed by atoms with Crippen LogP contribution in [0, 0.1) is 5.92 Å². The van der Waals surface area contributed by atoms with Crippen molar-refractivity contribution in [2.24, 2.45) is 5.92 Å². The molecule has 1 rings (SSSR count). The van der Waals surface area contributed by atoms with Crippen LogP contribution in [-0.4, -0.2) is 25.5 Å². The van der Waals surface area contributed by atoms with Crippen LogP contribution in [0.15, 0.2) is 20.1 Å². The minimum atomic E-state index is -3.78. The van der Waals surface area contributed by atoms with Crippen LogP contribution in [0.3, 0.4) is 0 Å². The molecule has 102 valence electrons. The number of carboxylic acids is 1. The summed E-state index contributed by atoms with van der Waals surface area (Å²) in [7, 11) is -3.78. The molecule has 18 heavy (non-hydrogen) atoms. The van der Waals surface area contributed by atoms with Gasteiger partial charge in [-0.1, -0.05) is 20.3 Å². The molecule has 1 heterocycles. The van der Waals surface area contributed by atoms with Crippen LogP contribution in [0.1, 0.15) is 20.3 Å². The maximum Gasteiger partial charge on any atom is 0.322 e. The Kier molecular flexibility index (Phi) is 5.32. The zero-order valence-electron chi connectivity index (χ0n) is 9.88. The summed E-state index contributed by atoms with van der Waals surface area (Å²) in [6, 6.07) is 1.94. The molecule has 5 nitrogen and oxygen atoms in total. The predicted octanol–water partition coefficient (Wildman–Crippen LogP) is 2.29. The topological polar surface area (TPSA) is 83.5 Å². The lowest BCUT2D eigenvalue weighted by atomic mass is 10.0. The van der Waals surface area contributed by atoms with Gasteiger partial charge in [0.2, 0.25) is 0 Å². The number of rotatable bonds is 6. The van der Waals surface area contributed by atoms with Crippen molar-refractivity contribution < 1.29 is 18.3 Å². The fourth-order valence-electron chi connectivity index (χ4n) is 1.31. The van der Waals surface area contributed by atoms with Crippen LogP contribution in [0.4, 0.5) is 0 Å². The average Bonchev–Trinajstić information content (AvgIpc) is 2.72. The van der Waals surface area contributed by atoms with Gasteiger partial charge in [-0.2, -0.15) is 4.72 Å². The number of halogens is 1. The predicted molar refractivity (Wildman–Crippen MR) is 73.2 cm³/mol. The fraction of sp³-hybridized carbons (Fsp3) is 0.500. The van der Waals surface area contributed by atoms with E-state index >= 15 is 0 Å². The van der Waals surface area contributed by atoms with E-state index in [1.165, 1.54) is 6.07 Å². The van der Waals surface area contributed by atoms with Gasteiger partial charge in [-0.05, 0) is 34.0 Å². The molecule has 2 atom stereocenters. The van der Waals surface area contributed by atoms with Gasteiger partial charge in [0.1, 0.15) is 10.3 Å². The summed E-state index contributed by atoms with van der Waals surface area (Å²) in [6.45, 7) is 3.52. The van der Waals surface area contributed by atoms with Gasteiger partial charge in [-0.15, -0.1) is 11.3 Å². The Morgan fingerprint density at radius 2 is 2.17 bits per heavy atom. The molecular weight excluding hydrogens is 342 g/mol. The van der Waals surface area contributed by atoms with Crippen LogP contribution < -0.4 is 4.72 Å². The zero-order chi connectivity index (χ0) is 13.9. The molecule has 1 unspecified atom stereocenters. The zero-order valence-corrected chi connectivity index (χ0v) is 13.1. The quantitative estimate of drug-likeness (QED) is 0.819. The summed E-state index contributed by atoms with van der Waals surface area (Å²) in [6.07, 6.45) is 0.577. The molecule has 0 saturated heterocycles. The van der Waals surface area contributed by atoms with Crippen molar-refractivity contribution in [3.8, 4) is 0 Å². The lowest BCUT2D eigenvalue weighted by molar-refractivity contribution is -0.140. The molecule has 0 amide bonds. The lowest BCUT2D eigenvalue weighted by Gasteiger charge is -2.19. The second-order valence-electron chi connectivity index (χ2n) is 3.88. The van der Waals surface area contributed by atoms with E-state index in [2.05, 4.69) is 20.7 Å². The summed E-state index contributed by atoms with van der Waals surface area (Å²) in [5, 5.41) is 9.06. The maximum atomic E-state index is 12.0. The number of nitrogens with one attached hydrogen (secondary N) is 1. The summed E-state index contributed by atoms with van der Waals surface area (Å²) >= 11 is 4.21. The minimum Gasteiger partial charge on any atom is -0.480 e. The van der Waals surface area contributed by atoms with Crippen molar-refractivity contribution in [1.82, 2.24) is 4.72 Å². The van der Waals surface area contributed by atoms with Crippen molar-refractivity contribution in [2.45, 2.75) is 30.5 Å². The van der Waals surface area contributed by atoms with Gasteiger partial charge in [-0.3, -0.25) is 4.79 Å². The molecule has 0 aliphatic heterocycles. The number of sulfonamides is 1. The number of aliphatic carboxylic acids is 1. The SMILES string of the molecule is CCC(C)[C@H](NS(=O)(=O)c1ccc(Br)s1)C(=O)O. The Balaban J connectivity index is 2.96. The third kappa shape index (κ3) is 3.78. The summed E-state index contributed by atoms with van der Waals surface area (Å²) in [5.41, 5.74) is 0. The largest absolute Gasteiger partial charge is 0.480 e. The number of carbonyl (C=O) groups is 1. The normalized spacial score (nSPS) is 15.3. The molecular formula is C10H14BrNO4S2. The van der Waals surface area contributed by atoms with E-state index < -0.39 is 22.0 Å². The van der Waals surface area contributed by atoms with Gasteiger partial charge in [0, 0.05) is 0 Å². The molecule has 1 aromatic heterocycles. The van der Waals surface area contributed by atoms with E-state index in [-0.39, 0.29) is 10.1 Å².